The van der Waals surface area contributed by atoms with Crippen molar-refractivity contribution in [2.45, 2.75) is 32.4 Å². The number of piperidine rings is 1. The van der Waals surface area contributed by atoms with Crippen LogP contribution in [0.3, 0.4) is 0 Å². The van der Waals surface area contributed by atoms with Gasteiger partial charge in [-0.25, -0.2) is 4.79 Å². The van der Waals surface area contributed by atoms with Crippen molar-refractivity contribution in [1.82, 2.24) is 4.90 Å². The summed E-state index contributed by atoms with van der Waals surface area (Å²) < 4.78 is 11.0. The van der Waals surface area contributed by atoms with Gasteiger partial charge in [0.15, 0.2) is 0 Å². The van der Waals surface area contributed by atoms with E-state index in [-0.39, 0.29) is 0 Å². The molecule has 0 atom stereocenters. The summed E-state index contributed by atoms with van der Waals surface area (Å²) >= 11 is 0. The molecule has 5 heteroatoms. The molecule has 116 valence electrons. The van der Waals surface area contributed by atoms with E-state index < -0.39 is 5.97 Å². The smallest absolute Gasteiger partial charge is 0.335 e. The van der Waals surface area contributed by atoms with Crippen molar-refractivity contribution in [2.24, 2.45) is 0 Å². The Labute approximate surface area is 125 Å². The molecule has 1 N–H and O–H groups in total. The van der Waals surface area contributed by atoms with Crippen LogP contribution in [0.15, 0.2) is 18.2 Å². The van der Waals surface area contributed by atoms with Gasteiger partial charge in [0.1, 0.15) is 5.75 Å². The van der Waals surface area contributed by atoms with Gasteiger partial charge in [-0.3, -0.25) is 4.90 Å². The molecule has 2 rings (SSSR count). The molecule has 0 saturated carbocycles. The minimum Gasteiger partial charge on any atom is -0.496 e. The Balaban J connectivity index is 2.02. The summed E-state index contributed by atoms with van der Waals surface area (Å²) in [7, 11) is 1.61. The topological polar surface area (TPSA) is 59.0 Å². The Kier molecular flexibility index (Phi) is 5.59. The van der Waals surface area contributed by atoms with Crippen LogP contribution in [-0.4, -0.2) is 48.9 Å². The Morgan fingerprint density at radius 2 is 2.10 bits per heavy atom. The van der Waals surface area contributed by atoms with Crippen LogP contribution >= 0.6 is 0 Å². The molecule has 1 aliphatic rings. The highest BCUT2D eigenvalue weighted by molar-refractivity contribution is 5.88. The molecule has 1 aliphatic heterocycles. The summed E-state index contributed by atoms with van der Waals surface area (Å²) in [6, 6.07) is 5.01. The van der Waals surface area contributed by atoms with Crippen molar-refractivity contribution in [1.29, 1.82) is 0 Å². The molecular weight excluding hydrogens is 270 g/mol. The normalized spacial score (nSPS) is 16.9. The monoisotopic (exact) mass is 293 g/mol. The number of ether oxygens (including phenoxy) is 2. The van der Waals surface area contributed by atoms with E-state index in [4.69, 9.17) is 14.6 Å². The SMILES string of the molecule is CCOC1CCN(Cc2cc(C(=O)O)ccc2OC)CC1. The van der Waals surface area contributed by atoms with E-state index in [1.165, 1.54) is 0 Å². The van der Waals surface area contributed by atoms with E-state index in [1.807, 2.05) is 6.92 Å². The number of hydrogen-bond acceptors (Lipinski definition) is 4. The first-order valence-corrected chi connectivity index (χ1v) is 7.38. The molecule has 21 heavy (non-hydrogen) atoms. The van der Waals surface area contributed by atoms with Gasteiger partial charge in [-0.1, -0.05) is 0 Å². The summed E-state index contributed by atoms with van der Waals surface area (Å²) in [5.41, 5.74) is 1.22. The summed E-state index contributed by atoms with van der Waals surface area (Å²) in [6.45, 7) is 5.42. The first-order valence-electron chi connectivity index (χ1n) is 7.38. The van der Waals surface area contributed by atoms with Crippen LogP contribution in [0.25, 0.3) is 0 Å². The lowest BCUT2D eigenvalue weighted by Gasteiger charge is -2.32. The summed E-state index contributed by atoms with van der Waals surface area (Å²) in [5, 5.41) is 9.10. The largest absolute Gasteiger partial charge is 0.496 e. The zero-order chi connectivity index (χ0) is 15.2. The molecule has 0 unspecified atom stereocenters. The molecule has 1 fully saturated rings. The van der Waals surface area contributed by atoms with Crippen molar-refractivity contribution in [2.75, 3.05) is 26.8 Å². The fourth-order valence-corrected chi connectivity index (χ4v) is 2.75. The van der Waals surface area contributed by atoms with Crippen molar-refractivity contribution in [3.63, 3.8) is 0 Å². The highest BCUT2D eigenvalue weighted by Gasteiger charge is 2.20. The number of methoxy groups -OCH3 is 1. The number of likely N-dealkylation sites (tertiary alicyclic amines) is 1. The van der Waals surface area contributed by atoms with Crippen molar-refractivity contribution in [3.8, 4) is 5.75 Å². The molecule has 0 bridgehead atoms. The standard InChI is InChI=1S/C16H23NO4/c1-3-21-14-6-8-17(9-7-14)11-13-10-12(16(18)19)4-5-15(13)20-2/h4-5,10,14H,3,6-9,11H2,1-2H3,(H,18,19). The van der Waals surface area contributed by atoms with E-state index in [2.05, 4.69) is 4.90 Å². The minimum atomic E-state index is -0.908. The first kappa shape index (κ1) is 15.8. The third-order valence-electron chi connectivity index (χ3n) is 3.86. The maximum atomic E-state index is 11.1. The van der Waals surface area contributed by atoms with Crippen LogP contribution in [0.1, 0.15) is 35.7 Å². The minimum absolute atomic E-state index is 0.301. The number of carbonyl (C=O) groups is 1. The van der Waals surface area contributed by atoms with Crippen molar-refractivity contribution in [3.05, 3.63) is 29.3 Å². The van der Waals surface area contributed by atoms with Crippen LogP contribution in [0.5, 0.6) is 5.75 Å². The molecule has 5 nitrogen and oxygen atoms in total. The van der Waals surface area contributed by atoms with E-state index >= 15 is 0 Å². The molecule has 1 aromatic rings. The predicted molar refractivity (Wildman–Crippen MR) is 79.9 cm³/mol. The van der Waals surface area contributed by atoms with E-state index in [0.717, 1.165) is 43.9 Å². The predicted octanol–water partition coefficient (Wildman–Crippen LogP) is 2.39. The van der Waals surface area contributed by atoms with Crippen LogP contribution in [0.4, 0.5) is 0 Å². The molecule has 0 aromatic heterocycles. The first-order chi connectivity index (χ1) is 10.1. The third kappa shape index (κ3) is 4.19. The second kappa shape index (κ2) is 7.43. The van der Waals surface area contributed by atoms with E-state index in [1.54, 1.807) is 25.3 Å². The average Bonchev–Trinajstić information content (AvgIpc) is 2.49. The zero-order valence-electron chi connectivity index (χ0n) is 12.7. The number of benzene rings is 1. The molecule has 0 radical (unpaired) electrons. The number of rotatable bonds is 6. The molecular formula is C16H23NO4. The second-order valence-electron chi connectivity index (χ2n) is 5.26. The lowest BCUT2D eigenvalue weighted by molar-refractivity contribution is 0.0124. The van der Waals surface area contributed by atoms with Crippen LogP contribution in [0.2, 0.25) is 0 Å². The number of hydrogen-bond donors (Lipinski definition) is 1. The molecule has 0 aliphatic carbocycles. The fourth-order valence-electron chi connectivity index (χ4n) is 2.75. The number of nitrogens with zero attached hydrogens (tertiary/aromatic N) is 1. The molecule has 0 amide bonds. The number of aromatic carboxylic acids is 1. The van der Waals surface area contributed by atoms with Crippen LogP contribution < -0.4 is 4.74 Å². The van der Waals surface area contributed by atoms with E-state index in [0.29, 0.717) is 18.2 Å². The van der Waals surface area contributed by atoms with Gasteiger partial charge < -0.3 is 14.6 Å². The maximum Gasteiger partial charge on any atom is 0.335 e. The molecule has 1 heterocycles. The second-order valence-corrected chi connectivity index (χ2v) is 5.26. The summed E-state index contributed by atoms with van der Waals surface area (Å²) in [6.07, 6.45) is 2.40. The highest BCUT2D eigenvalue weighted by atomic mass is 16.5. The average molecular weight is 293 g/mol. The summed E-state index contributed by atoms with van der Waals surface area (Å²) in [5.74, 6) is -0.166. The van der Waals surface area contributed by atoms with Gasteiger partial charge in [-0.2, -0.15) is 0 Å². The van der Waals surface area contributed by atoms with Gasteiger partial charge >= 0.3 is 5.97 Å². The molecule has 1 aromatic carbocycles. The lowest BCUT2D eigenvalue weighted by Crippen LogP contribution is -2.36. The maximum absolute atomic E-state index is 11.1. The van der Waals surface area contributed by atoms with Crippen molar-refractivity contribution < 1.29 is 19.4 Å². The van der Waals surface area contributed by atoms with Gasteiger partial charge in [0, 0.05) is 31.8 Å². The Morgan fingerprint density at radius 3 is 2.67 bits per heavy atom. The van der Waals surface area contributed by atoms with Gasteiger partial charge in [-0.05, 0) is 38.0 Å². The number of carboxylic acids is 1. The van der Waals surface area contributed by atoms with Gasteiger partial charge in [0.2, 0.25) is 0 Å². The molecule has 1 saturated heterocycles. The number of carboxylic acid groups (broad SMARTS) is 1. The van der Waals surface area contributed by atoms with E-state index in [9.17, 15) is 4.79 Å². The summed E-state index contributed by atoms with van der Waals surface area (Å²) in [4.78, 5) is 13.4. The van der Waals surface area contributed by atoms with Crippen molar-refractivity contribution >= 4 is 5.97 Å². The van der Waals surface area contributed by atoms with Gasteiger partial charge in [0.25, 0.3) is 0 Å². The Morgan fingerprint density at radius 1 is 1.38 bits per heavy atom. The third-order valence-corrected chi connectivity index (χ3v) is 3.86. The Hall–Kier alpha value is -1.59. The Bertz CT molecular complexity index is 481. The van der Waals surface area contributed by atoms with Gasteiger partial charge in [0.05, 0.1) is 18.8 Å². The quantitative estimate of drug-likeness (QED) is 0.872. The zero-order valence-corrected chi connectivity index (χ0v) is 12.7. The van der Waals surface area contributed by atoms with Gasteiger partial charge in [-0.15, -0.1) is 0 Å². The van der Waals surface area contributed by atoms with Crippen LogP contribution in [0, 0.1) is 0 Å². The highest BCUT2D eigenvalue weighted by Crippen LogP contribution is 2.24. The molecule has 0 spiro atoms. The lowest BCUT2D eigenvalue weighted by atomic mass is 10.0. The fraction of sp³-hybridized carbons (Fsp3) is 0.562. The van der Waals surface area contributed by atoms with Crippen LogP contribution in [-0.2, 0) is 11.3 Å².